The molecule has 582 valence electrons. The first kappa shape index (κ1) is 83.6. The van der Waals surface area contributed by atoms with Crippen molar-refractivity contribution in [3.63, 3.8) is 0 Å². The zero-order chi connectivity index (χ0) is 78.7. The normalized spacial score (nSPS) is 16.1. The van der Waals surface area contributed by atoms with E-state index in [1.807, 2.05) is 54.6 Å². The molecule has 6 aromatic rings. The fourth-order valence-electron chi connectivity index (χ4n) is 13.0. The molecule has 2 fully saturated rings. The summed E-state index contributed by atoms with van der Waals surface area (Å²) in [5.74, 6) is -8.79. The smallest absolute Gasteiger partial charge is 0.316 e. The number of primary amides is 2. The van der Waals surface area contributed by atoms with Crippen LogP contribution in [0.5, 0.6) is 0 Å². The number of amides is 12. The lowest BCUT2D eigenvalue weighted by atomic mass is 9.98. The topological polar surface area (TPSA) is 472 Å². The van der Waals surface area contributed by atoms with Crippen LogP contribution in [0.3, 0.4) is 0 Å². The Hall–Kier alpha value is -11.0. The molecule has 2 aliphatic rings. The van der Waals surface area contributed by atoms with Crippen LogP contribution in [0.4, 0.5) is 10.5 Å². The van der Waals surface area contributed by atoms with Gasteiger partial charge in [-0.1, -0.05) is 147 Å². The highest BCUT2D eigenvalue weighted by atomic mass is 35.5. The maximum Gasteiger partial charge on any atom is 0.316 e. The molecular weight excluding hydrogens is 1420 g/mol. The summed E-state index contributed by atoms with van der Waals surface area (Å²) in [6.07, 6.45) is 0.186. The Morgan fingerprint density at radius 2 is 1.02 bits per heavy atom. The molecule has 10 atom stereocenters. The predicted molar refractivity (Wildman–Crippen MR) is 411 cm³/mol. The SMILES string of the molecule is CC(C)C[C@H](NC(=O)[C@@H](Cc1ccc(NC(N)=O)cc1)NC(=O)[C@H](Cc1ccc(CN2CCOCC2)cc1)NC(=O)[C@H](CO)NC(=O)[C@@H](Cc1ccccc1)NC(=O)[C@@H](Cc1ccc(Cl)cc1)NC(=O)[C@H](N)Cc1cccc2ccccc12)C(=O)N[C@@H](CCCNC(=N)N)C(=O)N1CCC[C@H]1C(=O)N[C@H](C)C(N)=O. The number of carbonyl (C=O) groups excluding carboxylic acids is 11. The number of nitrogens with one attached hydrogen (secondary N) is 11. The van der Waals surface area contributed by atoms with Gasteiger partial charge in [-0.05, 0) is 120 Å². The molecule has 0 unspecified atom stereocenters. The van der Waals surface area contributed by atoms with Crippen molar-refractivity contribution < 1.29 is 62.6 Å². The highest BCUT2D eigenvalue weighted by molar-refractivity contribution is 6.30. The van der Waals surface area contributed by atoms with Crippen LogP contribution < -0.4 is 76.1 Å². The van der Waals surface area contributed by atoms with E-state index < -0.39 is 132 Å². The van der Waals surface area contributed by atoms with Gasteiger partial charge in [0.1, 0.15) is 54.4 Å². The first-order valence-corrected chi connectivity index (χ1v) is 36.8. The number of carbonyl (C=O) groups is 11. The molecule has 30 nitrogen and oxygen atoms in total. The largest absolute Gasteiger partial charge is 0.394 e. The lowest BCUT2D eigenvalue weighted by Crippen LogP contribution is -2.61. The molecule has 8 rings (SSSR count). The standard InChI is InChI=1S/C78H100ClN17O13/c1-46(2)38-60(69(100)88-59(18-10-32-85-77(82)83)76(107)96-33-11-19-66(96)75(106)86-47(3)67(81)98)90-71(102)63(42-51-26-30-56(31-27-51)87-78(84)108)92-72(103)64(40-49-20-22-52(23-21-49)44-95-34-36-109-37-35-95)93-74(105)65(45-97)94-73(104)62(39-48-12-5-4-6-13-48)91-70(101)61(41-50-24-28-55(79)29-25-50)89-68(99)58(80)43-54-16-9-15-53-14-7-8-17-57(53)54/h4-9,12-17,20-31,46-47,58-66,97H,10-11,18-19,32-45,80H2,1-3H3,(H2,81,98)(H,86,106)(H,88,100)(H,89,99)(H,90,102)(H,91,101)(H,92,103)(H,93,105)(H,94,104)(H4,82,83,85)(H3,84,87,108)/t47-,58-,59+,60+,61-,62-,63-,64+,65+,66+/m1/s1. The number of aliphatic hydroxyl groups excluding tert-OH is 1. The lowest BCUT2D eigenvalue weighted by molar-refractivity contribution is -0.142. The van der Waals surface area contributed by atoms with E-state index in [1.54, 1.807) is 92.7 Å². The molecule has 2 heterocycles. The molecular formula is C78H100ClN17O13. The number of nitrogens with zero attached hydrogens (tertiary/aromatic N) is 2. The molecule has 2 saturated heterocycles. The second-order valence-corrected chi connectivity index (χ2v) is 28.3. The van der Waals surface area contributed by atoms with Crippen LogP contribution in [0.15, 0.2) is 146 Å². The molecule has 2 aliphatic heterocycles. The van der Waals surface area contributed by atoms with Crippen molar-refractivity contribution in [1.82, 2.24) is 57.7 Å². The lowest BCUT2D eigenvalue weighted by Gasteiger charge is -2.31. The molecule has 0 radical (unpaired) electrons. The number of aliphatic hydroxyl groups is 1. The van der Waals surface area contributed by atoms with Gasteiger partial charge in [0.15, 0.2) is 5.96 Å². The number of ether oxygens (including phenoxy) is 1. The minimum atomic E-state index is -1.80. The number of guanidine groups is 1. The van der Waals surface area contributed by atoms with Gasteiger partial charge < -0.3 is 90.8 Å². The van der Waals surface area contributed by atoms with Gasteiger partial charge in [0.25, 0.3) is 0 Å². The Bertz CT molecular complexity index is 4130. The van der Waals surface area contributed by atoms with Crippen LogP contribution in [0, 0.1) is 11.3 Å². The molecule has 0 bridgehead atoms. The third-order valence-electron chi connectivity index (χ3n) is 18.8. The molecule has 31 heteroatoms. The van der Waals surface area contributed by atoms with Gasteiger partial charge in [0.05, 0.1) is 25.9 Å². The molecule has 0 saturated carbocycles. The van der Waals surface area contributed by atoms with Gasteiger partial charge in [-0.15, -0.1) is 0 Å². The molecule has 20 N–H and O–H groups in total. The maximum atomic E-state index is 15.4. The fourth-order valence-corrected chi connectivity index (χ4v) is 13.1. The predicted octanol–water partition coefficient (Wildman–Crippen LogP) is 1.33. The van der Waals surface area contributed by atoms with Crippen molar-refractivity contribution in [2.75, 3.05) is 51.3 Å². The number of hydrogen-bond acceptors (Lipinski definition) is 16. The summed E-state index contributed by atoms with van der Waals surface area (Å²) in [7, 11) is 0. The Morgan fingerprint density at radius 3 is 1.57 bits per heavy atom. The third kappa shape index (κ3) is 26.1. The average molecular weight is 1520 g/mol. The molecule has 0 aromatic heterocycles. The van der Waals surface area contributed by atoms with Crippen molar-refractivity contribution in [2.24, 2.45) is 28.9 Å². The minimum absolute atomic E-state index is 0.00885. The summed E-state index contributed by atoms with van der Waals surface area (Å²) in [5, 5.41) is 48.0. The number of likely N-dealkylation sites (tertiary alicyclic amines) is 1. The zero-order valence-electron chi connectivity index (χ0n) is 61.4. The fraction of sp³-hybridized carbons (Fsp3) is 0.410. The van der Waals surface area contributed by atoms with E-state index >= 15 is 9.59 Å². The number of fused-ring (bicyclic) bond motifs is 1. The second-order valence-electron chi connectivity index (χ2n) is 27.8. The zero-order valence-corrected chi connectivity index (χ0v) is 62.1. The maximum absolute atomic E-state index is 15.4. The second kappa shape index (κ2) is 41.3. The number of rotatable bonds is 38. The molecule has 0 spiro atoms. The van der Waals surface area contributed by atoms with Crippen molar-refractivity contribution in [3.05, 3.63) is 184 Å². The number of hydrogen-bond donors (Lipinski definition) is 16. The Kier molecular flexibility index (Phi) is 31.7. The van der Waals surface area contributed by atoms with Crippen molar-refractivity contribution in [3.8, 4) is 0 Å². The summed E-state index contributed by atoms with van der Waals surface area (Å²) in [4.78, 5) is 160. The third-order valence-corrected chi connectivity index (χ3v) is 19.1. The first-order chi connectivity index (χ1) is 52.2. The first-order valence-electron chi connectivity index (χ1n) is 36.5. The van der Waals surface area contributed by atoms with Gasteiger partial charge in [-0.3, -0.25) is 58.3 Å². The Labute approximate surface area is 637 Å². The molecule has 0 aliphatic carbocycles. The van der Waals surface area contributed by atoms with Crippen LogP contribution >= 0.6 is 11.6 Å². The van der Waals surface area contributed by atoms with Crippen molar-refractivity contribution in [2.45, 2.75) is 152 Å². The van der Waals surface area contributed by atoms with E-state index in [0.29, 0.717) is 72.2 Å². The van der Waals surface area contributed by atoms with Gasteiger partial charge in [0, 0.05) is 69.1 Å². The van der Waals surface area contributed by atoms with E-state index in [9.17, 15) is 48.3 Å². The average Bonchev–Trinajstić information content (AvgIpc) is 1.70. The van der Waals surface area contributed by atoms with E-state index in [1.165, 1.54) is 24.0 Å². The Balaban J connectivity index is 1.07. The van der Waals surface area contributed by atoms with Crippen LogP contribution in [0.2, 0.25) is 5.02 Å². The van der Waals surface area contributed by atoms with Gasteiger partial charge >= 0.3 is 6.03 Å². The van der Waals surface area contributed by atoms with Crippen LogP contribution in [0.1, 0.15) is 86.3 Å². The number of urea groups is 1. The van der Waals surface area contributed by atoms with Crippen LogP contribution in [0.25, 0.3) is 10.8 Å². The van der Waals surface area contributed by atoms with Gasteiger partial charge in [-0.2, -0.15) is 0 Å². The van der Waals surface area contributed by atoms with Crippen LogP contribution in [-0.4, -0.2) is 192 Å². The molecule has 109 heavy (non-hydrogen) atoms. The highest BCUT2D eigenvalue weighted by Crippen LogP contribution is 2.24. The van der Waals surface area contributed by atoms with Crippen molar-refractivity contribution in [1.29, 1.82) is 5.41 Å². The summed E-state index contributed by atoms with van der Waals surface area (Å²) in [6.45, 7) is 7.34. The number of nitrogens with two attached hydrogens (primary N) is 4. The highest BCUT2D eigenvalue weighted by Gasteiger charge is 2.40. The molecule has 6 aromatic carbocycles. The summed E-state index contributed by atoms with van der Waals surface area (Å²) in [6, 6.07) is 27.5. The summed E-state index contributed by atoms with van der Waals surface area (Å²) in [5.41, 5.74) is 27.2. The molecule has 12 amide bonds. The number of anilines is 1. The van der Waals surface area contributed by atoms with Crippen molar-refractivity contribution >= 4 is 99.1 Å². The van der Waals surface area contributed by atoms with E-state index in [2.05, 4.69) is 58.1 Å². The number of benzene rings is 6. The van der Waals surface area contributed by atoms with E-state index in [0.717, 1.165) is 21.9 Å². The minimum Gasteiger partial charge on any atom is -0.394 e. The van der Waals surface area contributed by atoms with Gasteiger partial charge in [0.2, 0.25) is 59.1 Å². The summed E-state index contributed by atoms with van der Waals surface area (Å²) < 4.78 is 5.55. The van der Waals surface area contributed by atoms with Gasteiger partial charge in [-0.25, -0.2) is 4.79 Å². The van der Waals surface area contributed by atoms with E-state index in [-0.39, 0.29) is 82.8 Å². The monoisotopic (exact) mass is 1520 g/mol. The number of morpholine rings is 1. The summed E-state index contributed by atoms with van der Waals surface area (Å²) >= 11 is 6.26. The van der Waals surface area contributed by atoms with Crippen LogP contribution in [-0.2, 0) is 91.3 Å². The Morgan fingerprint density at radius 1 is 0.541 bits per heavy atom. The quantitative estimate of drug-likeness (QED) is 0.0148. The van der Waals surface area contributed by atoms with E-state index in [4.69, 9.17) is 44.7 Å². The number of halogens is 1.